The van der Waals surface area contributed by atoms with E-state index in [0.717, 1.165) is 0 Å². The Kier molecular flexibility index (Phi) is 5.55. The molecule has 0 atom stereocenters. The third-order valence-electron chi connectivity index (χ3n) is 2.21. The number of hydrogen-bond acceptors (Lipinski definition) is 2. The first-order valence-corrected chi connectivity index (χ1v) is 5.96. The van der Waals surface area contributed by atoms with Gasteiger partial charge in [0.1, 0.15) is 0 Å². The van der Waals surface area contributed by atoms with Crippen LogP contribution in [0.1, 0.15) is 6.92 Å². The van der Waals surface area contributed by atoms with Gasteiger partial charge < -0.3 is 15.3 Å². The summed E-state index contributed by atoms with van der Waals surface area (Å²) in [6.45, 7) is 2.56. The molecule has 0 heterocycles. The normalized spacial score (nSPS) is 10.1. The number of rotatable bonds is 4. The van der Waals surface area contributed by atoms with Crippen LogP contribution in [0, 0.1) is 0 Å². The van der Waals surface area contributed by atoms with Gasteiger partial charge in [-0.05, 0) is 25.1 Å². The van der Waals surface area contributed by atoms with Gasteiger partial charge in [0.25, 0.3) is 0 Å². The molecule has 2 N–H and O–H groups in total. The first-order valence-electron chi connectivity index (χ1n) is 5.20. The zero-order chi connectivity index (χ0) is 12.8. The number of hydrogen-bond donors (Lipinski definition) is 2. The molecule has 0 aliphatic rings. The molecule has 17 heavy (non-hydrogen) atoms. The lowest BCUT2D eigenvalue weighted by atomic mass is 10.3. The number of aliphatic hydroxyl groups excluding tert-OH is 1. The van der Waals surface area contributed by atoms with Crippen molar-refractivity contribution in [2.24, 2.45) is 0 Å². The molecule has 94 valence electrons. The Labute approximate surface area is 110 Å². The number of aliphatic hydroxyl groups is 1. The molecule has 0 spiro atoms. The minimum absolute atomic E-state index is 0.0738. The van der Waals surface area contributed by atoms with Crippen molar-refractivity contribution in [1.29, 1.82) is 0 Å². The smallest absolute Gasteiger partial charge is 0.321 e. The third-order valence-corrected chi connectivity index (χ3v) is 2.76. The molecule has 0 aromatic heterocycles. The maximum atomic E-state index is 11.8. The Morgan fingerprint density at radius 2 is 2.18 bits per heavy atom. The van der Waals surface area contributed by atoms with Crippen LogP contribution in [0.5, 0.6) is 0 Å². The highest BCUT2D eigenvalue weighted by atomic mass is 35.5. The third kappa shape index (κ3) is 4.07. The number of benzene rings is 1. The van der Waals surface area contributed by atoms with Gasteiger partial charge in [0, 0.05) is 18.1 Å². The van der Waals surface area contributed by atoms with Crippen LogP contribution in [0.3, 0.4) is 0 Å². The van der Waals surface area contributed by atoms with Gasteiger partial charge in [-0.15, -0.1) is 0 Å². The van der Waals surface area contributed by atoms with E-state index in [1.165, 1.54) is 4.90 Å². The second kappa shape index (κ2) is 6.69. The van der Waals surface area contributed by atoms with Gasteiger partial charge in [-0.3, -0.25) is 0 Å². The van der Waals surface area contributed by atoms with E-state index in [1.807, 2.05) is 6.92 Å². The lowest BCUT2D eigenvalue weighted by Gasteiger charge is -2.20. The topological polar surface area (TPSA) is 52.6 Å². The van der Waals surface area contributed by atoms with Crippen molar-refractivity contribution < 1.29 is 9.90 Å². The van der Waals surface area contributed by atoms with E-state index >= 15 is 0 Å². The molecule has 1 aromatic rings. The van der Waals surface area contributed by atoms with Crippen molar-refractivity contribution in [2.45, 2.75) is 6.92 Å². The van der Waals surface area contributed by atoms with Gasteiger partial charge in [0.15, 0.2) is 0 Å². The summed E-state index contributed by atoms with van der Waals surface area (Å²) >= 11 is 11.7. The minimum atomic E-state index is -0.300. The zero-order valence-corrected chi connectivity index (χ0v) is 10.9. The van der Waals surface area contributed by atoms with Crippen molar-refractivity contribution in [2.75, 3.05) is 25.0 Å². The number of nitrogens with zero attached hydrogens (tertiary/aromatic N) is 1. The van der Waals surface area contributed by atoms with Crippen molar-refractivity contribution in [3.05, 3.63) is 28.2 Å². The number of carbonyl (C=O) groups is 1. The van der Waals surface area contributed by atoms with Crippen LogP contribution in [0.4, 0.5) is 10.5 Å². The molecule has 4 nitrogen and oxygen atoms in total. The fourth-order valence-corrected chi connectivity index (χ4v) is 1.76. The summed E-state index contributed by atoms with van der Waals surface area (Å²) in [7, 11) is 0. The Bertz CT molecular complexity index is 399. The predicted octanol–water partition coefficient (Wildman–Crippen LogP) is 2.84. The molecule has 0 radical (unpaired) electrons. The van der Waals surface area contributed by atoms with Gasteiger partial charge in [0.05, 0.1) is 17.3 Å². The number of amides is 2. The van der Waals surface area contributed by atoms with Crippen LogP contribution in [0.15, 0.2) is 18.2 Å². The number of anilines is 1. The zero-order valence-electron chi connectivity index (χ0n) is 9.41. The summed E-state index contributed by atoms with van der Waals surface area (Å²) in [5.41, 5.74) is 0.498. The van der Waals surface area contributed by atoms with E-state index in [-0.39, 0.29) is 19.2 Å². The molecule has 1 aromatic carbocycles. The highest BCUT2D eigenvalue weighted by Crippen LogP contribution is 2.25. The predicted molar refractivity (Wildman–Crippen MR) is 69.8 cm³/mol. The molecule has 0 fully saturated rings. The van der Waals surface area contributed by atoms with Crippen molar-refractivity contribution >= 4 is 34.9 Å². The SMILES string of the molecule is CCN(CCO)C(=O)Nc1ccc(Cl)cc1Cl. The van der Waals surface area contributed by atoms with Crippen LogP contribution >= 0.6 is 23.2 Å². The Balaban J connectivity index is 2.73. The van der Waals surface area contributed by atoms with Gasteiger partial charge in [-0.2, -0.15) is 0 Å². The summed E-state index contributed by atoms with van der Waals surface area (Å²) in [5.74, 6) is 0. The van der Waals surface area contributed by atoms with Crippen LogP contribution in [-0.4, -0.2) is 35.7 Å². The summed E-state index contributed by atoms with van der Waals surface area (Å²) < 4.78 is 0. The molecule has 1 rings (SSSR count). The lowest BCUT2D eigenvalue weighted by molar-refractivity contribution is 0.192. The molecular formula is C11H14Cl2N2O2. The highest BCUT2D eigenvalue weighted by Gasteiger charge is 2.12. The summed E-state index contributed by atoms with van der Waals surface area (Å²) in [6.07, 6.45) is 0. The van der Waals surface area contributed by atoms with Crippen LogP contribution in [0.25, 0.3) is 0 Å². The quantitative estimate of drug-likeness (QED) is 0.889. The Morgan fingerprint density at radius 3 is 2.71 bits per heavy atom. The number of halogens is 2. The molecule has 0 unspecified atom stereocenters. The molecule has 2 amide bonds. The van der Waals surface area contributed by atoms with Crippen LogP contribution < -0.4 is 5.32 Å². The second-order valence-electron chi connectivity index (χ2n) is 3.36. The average Bonchev–Trinajstić information content (AvgIpc) is 2.29. The number of nitrogens with one attached hydrogen (secondary N) is 1. The highest BCUT2D eigenvalue weighted by molar-refractivity contribution is 6.36. The summed E-state index contributed by atoms with van der Waals surface area (Å²) in [5, 5.41) is 12.4. The van der Waals surface area contributed by atoms with E-state index in [1.54, 1.807) is 18.2 Å². The van der Waals surface area contributed by atoms with Crippen molar-refractivity contribution in [3.8, 4) is 0 Å². The molecule has 0 saturated heterocycles. The Morgan fingerprint density at radius 1 is 1.47 bits per heavy atom. The first-order chi connectivity index (χ1) is 8.08. The fourth-order valence-electron chi connectivity index (χ4n) is 1.31. The van der Waals surface area contributed by atoms with Crippen molar-refractivity contribution in [1.82, 2.24) is 4.90 Å². The fraction of sp³-hybridized carbons (Fsp3) is 0.364. The van der Waals surface area contributed by atoms with Gasteiger partial charge in [0.2, 0.25) is 0 Å². The largest absolute Gasteiger partial charge is 0.395 e. The van der Waals surface area contributed by atoms with Crippen LogP contribution in [0.2, 0.25) is 10.0 Å². The standard InChI is InChI=1S/C11H14Cl2N2O2/c1-2-15(5-6-16)11(17)14-10-4-3-8(12)7-9(10)13/h3-4,7,16H,2,5-6H2,1H3,(H,14,17). The molecule has 0 aliphatic carbocycles. The van der Waals surface area contributed by atoms with E-state index in [2.05, 4.69) is 5.32 Å². The van der Waals surface area contributed by atoms with Crippen molar-refractivity contribution in [3.63, 3.8) is 0 Å². The summed E-state index contributed by atoms with van der Waals surface area (Å²) in [6, 6.07) is 4.53. The van der Waals surface area contributed by atoms with Gasteiger partial charge >= 0.3 is 6.03 Å². The lowest BCUT2D eigenvalue weighted by Crippen LogP contribution is -2.36. The number of carbonyl (C=O) groups excluding carboxylic acids is 1. The first kappa shape index (κ1) is 14.1. The van der Waals surface area contributed by atoms with Crippen LogP contribution in [-0.2, 0) is 0 Å². The van der Waals surface area contributed by atoms with Gasteiger partial charge in [-0.1, -0.05) is 23.2 Å². The van der Waals surface area contributed by atoms with Gasteiger partial charge in [-0.25, -0.2) is 4.79 Å². The van der Waals surface area contributed by atoms with E-state index in [9.17, 15) is 4.79 Å². The van der Waals surface area contributed by atoms with E-state index in [4.69, 9.17) is 28.3 Å². The number of likely N-dealkylation sites (N-methyl/N-ethyl adjacent to an activating group) is 1. The second-order valence-corrected chi connectivity index (χ2v) is 4.20. The molecular weight excluding hydrogens is 263 g/mol. The molecule has 0 aliphatic heterocycles. The molecule has 0 bridgehead atoms. The summed E-state index contributed by atoms with van der Waals surface area (Å²) in [4.78, 5) is 13.3. The minimum Gasteiger partial charge on any atom is -0.395 e. The molecule has 0 saturated carbocycles. The maximum absolute atomic E-state index is 11.8. The molecule has 6 heteroatoms. The number of urea groups is 1. The maximum Gasteiger partial charge on any atom is 0.321 e. The van der Waals surface area contributed by atoms with E-state index in [0.29, 0.717) is 22.3 Å². The Hall–Kier alpha value is -0.970. The average molecular weight is 277 g/mol. The monoisotopic (exact) mass is 276 g/mol. The van der Waals surface area contributed by atoms with E-state index < -0.39 is 0 Å².